The Hall–Kier alpha value is -1.65. The molecule has 2 heterocycles. The largest absolute Gasteiger partial charge is 0.469 e. The molecule has 0 saturated carbocycles. The van der Waals surface area contributed by atoms with Crippen molar-refractivity contribution in [3.05, 3.63) is 12.2 Å². The fourth-order valence-corrected chi connectivity index (χ4v) is 3.13. The Balaban J connectivity index is 2.26. The van der Waals surface area contributed by atoms with Crippen LogP contribution in [0, 0.1) is 11.8 Å². The van der Waals surface area contributed by atoms with E-state index in [0.717, 1.165) is 0 Å². The second-order valence-corrected chi connectivity index (χ2v) is 5.14. The Bertz CT molecular complexity index is 443. The van der Waals surface area contributed by atoms with Crippen molar-refractivity contribution < 1.29 is 19.1 Å². The topological polar surface area (TPSA) is 63.7 Å². The number of hydrogen-bond acceptors (Lipinski definition) is 4. The number of rotatable bonds is 3. The first-order valence-corrected chi connectivity index (χ1v) is 6.61. The molecule has 0 radical (unpaired) electrons. The van der Waals surface area contributed by atoms with Crippen molar-refractivity contribution in [2.75, 3.05) is 13.7 Å². The van der Waals surface area contributed by atoms with Crippen LogP contribution < -0.4 is 0 Å². The molecule has 0 bridgehead atoms. The number of ether oxygens (including phenoxy) is 1. The molecule has 0 N–H and O–H groups in total. The molecule has 0 aromatic rings. The summed E-state index contributed by atoms with van der Waals surface area (Å²) in [5.74, 6) is -1.11. The molecule has 0 aliphatic carbocycles. The monoisotopic (exact) mass is 265 g/mol. The standard InChI is InChI=1S/C14H19NO4/c1-4-9(14(18)19-3)10-7-11-12(16)5-6-15(11)13(17)8(10)2/h9-11H,2,4-7H2,1,3H3. The van der Waals surface area contributed by atoms with Crippen molar-refractivity contribution in [3.63, 3.8) is 0 Å². The van der Waals surface area contributed by atoms with Crippen LogP contribution >= 0.6 is 0 Å². The van der Waals surface area contributed by atoms with Crippen LogP contribution in [0.25, 0.3) is 0 Å². The second kappa shape index (κ2) is 5.15. The Morgan fingerprint density at radius 3 is 2.79 bits per heavy atom. The fraction of sp³-hybridized carbons (Fsp3) is 0.643. The van der Waals surface area contributed by atoms with E-state index in [2.05, 4.69) is 6.58 Å². The molecule has 2 saturated heterocycles. The Kier molecular flexibility index (Phi) is 3.73. The Morgan fingerprint density at radius 2 is 2.21 bits per heavy atom. The number of amides is 1. The highest BCUT2D eigenvalue weighted by atomic mass is 16.5. The first-order valence-electron chi connectivity index (χ1n) is 6.61. The third-order valence-corrected chi connectivity index (χ3v) is 4.24. The minimum absolute atomic E-state index is 0.0885. The van der Waals surface area contributed by atoms with E-state index in [1.165, 1.54) is 7.11 Å². The van der Waals surface area contributed by atoms with Gasteiger partial charge in [0.25, 0.3) is 0 Å². The zero-order valence-electron chi connectivity index (χ0n) is 11.3. The van der Waals surface area contributed by atoms with Gasteiger partial charge in [-0.25, -0.2) is 0 Å². The number of ketones is 1. The molecule has 5 nitrogen and oxygen atoms in total. The smallest absolute Gasteiger partial charge is 0.309 e. The van der Waals surface area contributed by atoms with Gasteiger partial charge in [0.1, 0.15) is 0 Å². The molecule has 0 aromatic carbocycles. The Labute approximate surface area is 112 Å². The minimum atomic E-state index is -0.392. The highest BCUT2D eigenvalue weighted by Gasteiger charge is 2.47. The highest BCUT2D eigenvalue weighted by Crippen LogP contribution is 2.37. The number of carbonyl (C=O) groups excluding carboxylic acids is 3. The number of nitrogens with zero attached hydrogens (tertiary/aromatic N) is 1. The van der Waals surface area contributed by atoms with Gasteiger partial charge in [-0.05, 0) is 12.8 Å². The molecule has 0 aromatic heterocycles. The van der Waals surface area contributed by atoms with Gasteiger partial charge in [-0.2, -0.15) is 0 Å². The third-order valence-electron chi connectivity index (χ3n) is 4.24. The molecule has 3 atom stereocenters. The van der Waals surface area contributed by atoms with Crippen LogP contribution in [0.15, 0.2) is 12.2 Å². The van der Waals surface area contributed by atoms with E-state index in [0.29, 0.717) is 31.4 Å². The van der Waals surface area contributed by atoms with Gasteiger partial charge in [-0.1, -0.05) is 13.5 Å². The van der Waals surface area contributed by atoms with E-state index in [9.17, 15) is 14.4 Å². The summed E-state index contributed by atoms with van der Waals surface area (Å²) in [5, 5.41) is 0. The Morgan fingerprint density at radius 1 is 1.53 bits per heavy atom. The van der Waals surface area contributed by atoms with E-state index >= 15 is 0 Å². The van der Waals surface area contributed by atoms with Gasteiger partial charge in [0.05, 0.1) is 19.1 Å². The maximum absolute atomic E-state index is 12.2. The number of esters is 1. The van der Waals surface area contributed by atoms with E-state index < -0.39 is 5.92 Å². The lowest BCUT2D eigenvalue weighted by atomic mass is 9.77. The molecule has 2 rings (SSSR count). The molecule has 0 spiro atoms. The summed E-state index contributed by atoms with van der Waals surface area (Å²) in [7, 11) is 1.34. The molecule has 1 amide bonds. The summed E-state index contributed by atoms with van der Waals surface area (Å²) in [5.41, 5.74) is 0.434. The number of fused-ring (bicyclic) bond motifs is 1. The van der Waals surface area contributed by atoms with E-state index in [-0.39, 0.29) is 29.6 Å². The summed E-state index contributed by atoms with van der Waals surface area (Å²) in [6.07, 6.45) is 1.48. The number of piperidine rings is 1. The number of carbonyl (C=O) groups is 3. The predicted molar refractivity (Wildman–Crippen MR) is 68.2 cm³/mol. The number of hydrogen-bond donors (Lipinski definition) is 0. The highest BCUT2D eigenvalue weighted by molar-refractivity contribution is 6.01. The van der Waals surface area contributed by atoms with Gasteiger partial charge in [0.2, 0.25) is 5.91 Å². The predicted octanol–water partition coefficient (Wildman–Crippen LogP) is 0.932. The zero-order chi connectivity index (χ0) is 14.2. The molecular weight excluding hydrogens is 246 g/mol. The van der Waals surface area contributed by atoms with Gasteiger partial charge in [0, 0.05) is 24.5 Å². The van der Waals surface area contributed by atoms with E-state index in [4.69, 9.17) is 4.74 Å². The molecular formula is C14H19NO4. The van der Waals surface area contributed by atoms with E-state index in [1.54, 1.807) is 4.90 Å². The summed E-state index contributed by atoms with van der Waals surface area (Å²) in [6, 6.07) is -0.373. The first kappa shape index (κ1) is 13.8. The SMILES string of the molecule is C=C1C(=O)N2CCC(=O)C2CC1C(CC)C(=O)OC. The molecule has 19 heavy (non-hydrogen) atoms. The normalized spacial score (nSPS) is 28.3. The lowest BCUT2D eigenvalue weighted by molar-refractivity contribution is -0.149. The van der Waals surface area contributed by atoms with Crippen molar-refractivity contribution in [3.8, 4) is 0 Å². The second-order valence-electron chi connectivity index (χ2n) is 5.14. The summed E-state index contributed by atoms with van der Waals surface area (Å²) >= 11 is 0. The maximum Gasteiger partial charge on any atom is 0.309 e. The van der Waals surface area contributed by atoms with Crippen LogP contribution in [-0.4, -0.2) is 42.3 Å². The lowest BCUT2D eigenvalue weighted by Crippen LogP contribution is -2.48. The van der Waals surface area contributed by atoms with Crippen LogP contribution in [0.2, 0.25) is 0 Å². The van der Waals surface area contributed by atoms with Crippen LogP contribution in [0.3, 0.4) is 0 Å². The van der Waals surface area contributed by atoms with Crippen molar-refractivity contribution in [2.45, 2.75) is 32.2 Å². The summed E-state index contributed by atoms with van der Waals surface area (Å²) in [6.45, 7) is 6.19. The quantitative estimate of drug-likeness (QED) is 0.562. The van der Waals surface area contributed by atoms with Crippen molar-refractivity contribution >= 4 is 17.7 Å². The van der Waals surface area contributed by atoms with E-state index in [1.807, 2.05) is 6.92 Å². The molecule has 5 heteroatoms. The summed E-state index contributed by atoms with van der Waals surface area (Å²) < 4.78 is 4.79. The van der Waals surface area contributed by atoms with Gasteiger partial charge in [-0.3, -0.25) is 14.4 Å². The zero-order valence-corrected chi connectivity index (χ0v) is 11.3. The van der Waals surface area contributed by atoms with Crippen molar-refractivity contribution in [1.29, 1.82) is 0 Å². The number of Topliss-reactive ketones (excluding diaryl/α,β-unsaturated/α-hetero) is 1. The fourth-order valence-electron chi connectivity index (χ4n) is 3.13. The van der Waals surface area contributed by atoms with Gasteiger partial charge in [-0.15, -0.1) is 0 Å². The lowest BCUT2D eigenvalue weighted by Gasteiger charge is -2.37. The van der Waals surface area contributed by atoms with Crippen LogP contribution in [0.4, 0.5) is 0 Å². The average Bonchev–Trinajstić information content (AvgIpc) is 2.77. The minimum Gasteiger partial charge on any atom is -0.469 e. The number of methoxy groups -OCH3 is 1. The van der Waals surface area contributed by atoms with Crippen molar-refractivity contribution in [1.82, 2.24) is 4.90 Å². The molecule has 2 aliphatic rings. The van der Waals surface area contributed by atoms with Crippen molar-refractivity contribution in [2.24, 2.45) is 11.8 Å². The summed E-state index contributed by atoms with van der Waals surface area (Å²) in [4.78, 5) is 37.4. The first-order chi connectivity index (χ1) is 9.01. The molecule has 2 aliphatic heterocycles. The van der Waals surface area contributed by atoms with Crippen LogP contribution in [-0.2, 0) is 19.1 Å². The molecule has 3 unspecified atom stereocenters. The average molecular weight is 265 g/mol. The van der Waals surface area contributed by atoms with Gasteiger partial charge < -0.3 is 9.64 Å². The molecule has 2 fully saturated rings. The van der Waals surface area contributed by atoms with Crippen LogP contribution in [0.1, 0.15) is 26.2 Å². The molecule has 104 valence electrons. The maximum atomic E-state index is 12.2. The third kappa shape index (κ3) is 2.17. The van der Waals surface area contributed by atoms with Crippen LogP contribution in [0.5, 0.6) is 0 Å². The van der Waals surface area contributed by atoms with Gasteiger partial charge in [0.15, 0.2) is 5.78 Å². The van der Waals surface area contributed by atoms with Gasteiger partial charge >= 0.3 is 5.97 Å².